The third kappa shape index (κ3) is 5.49. The normalized spacial score (nSPS) is 15.2. The largest absolute Gasteiger partial charge is 0.416 e. The molecular weight excluding hydrogens is 389 g/mol. The first-order valence-corrected chi connectivity index (χ1v) is 9.15. The minimum atomic E-state index is -4.44. The van der Waals surface area contributed by atoms with Crippen molar-refractivity contribution in [1.29, 1.82) is 0 Å². The van der Waals surface area contributed by atoms with E-state index in [1.165, 1.54) is 12.1 Å². The highest BCUT2D eigenvalue weighted by atomic mass is 19.4. The lowest BCUT2D eigenvalue weighted by atomic mass is 9.96. The topological polar surface area (TPSA) is 87.5 Å². The Balaban J connectivity index is 1.46. The quantitative estimate of drug-likeness (QED) is 0.790. The number of aryl methyl sites for hydroxylation is 1. The van der Waals surface area contributed by atoms with Crippen molar-refractivity contribution in [2.75, 3.05) is 30.3 Å². The van der Waals surface area contributed by atoms with E-state index in [1.54, 1.807) is 17.9 Å². The van der Waals surface area contributed by atoms with Crippen LogP contribution in [0.2, 0.25) is 0 Å². The molecule has 1 aliphatic heterocycles. The van der Waals surface area contributed by atoms with Gasteiger partial charge in [0.25, 0.3) is 0 Å². The van der Waals surface area contributed by atoms with Gasteiger partial charge >= 0.3 is 6.18 Å². The molecule has 2 amide bonds. The predicted octanol–water partition coefficient (Wildman–Crippen LogP) is 3.29. The van der Waals surface area contributed by atoms with Gasteiger partial charge in [-0.05, 0) is 38.0 Å². The van der Waals surface area contributed by atoms with Crippen LogP contribution in [-0.4, -0.2) is 41.5 Å². The second-order valence-corrected chi connectivity index (χ2v) is 6.90. The third-order valence-corrected chi connectivity index (χ3v) is 4.73. The van der Waals surface area contributed by atoms with Crippen molar-refractivity contribution >= 4 is 23.3 Å². The number of rotatable bonds is 5. The summed E-state index contributed by atoms with van der Waals surface area (Å²) in [5.41, 5.74) is -0.547. The molecule has 0 spiro atoms. The van der Waals surface area contributed by atoms with Gasteiger partial charge in [0.2, 0.25) is 11.8 Å². The molecule has 3 rings (SSSR count). The van der Waals surface area contributed by atoms with Crippen molar-refractivity contribution in [3.63, 3.8) is 0 Å². The van der Waals surface area contributed by atoms with E-state index in [-0.39, 0.29) is 30.0 Å². The number of amides is 2. The smallest absolute Gasteiger partial charge is 0.376 e. The zero-order chi connectivity index (χ0) is 21.0. The van der Waals surface area contributed by atoms with Gasteiger partial charge in [-0.1, -0.05) is 11.2 Å². The third-order valence-electron chi connectivity index (χ3n) is 4.73. The minimum absolute atomic E-state index is 0.115. The first kappa shape index (κ1) is 20.7. The number of hydrogen-bond donors (Lipinski definition) is 2. The molecule has 0 atom stereocenters. The molecule has 2 heterocycles. The zero-order valence-electron chi connectivity index (χ0n) is 15.8. The summed E-state index contributed by atoms with van der Waals surface area (Å²) in [5, 5.41) is 9.14. The summed E-state index contributed by atoms with van der Waals surface area (Å²) in [6.07, 6.45) is -3.44. The second-order valence-electron chi connectivity index (χ2n) is 6.90. The molecule has 10 heteroatoms. The maximum atomic E-state index is 12.8. The SMILES string of the molecule is Cc1cc(NC(=O)C2CCN(C(=O)CNc3cccc(C(F)(F)F)c3)CC2)no1. The van der Waals surface area contributed by atoms with Crippen LogP contribution in [0.4, 0.5) is 24.7 Å². The van der Waals surface area contributed by atoms with Crippen LogP contribution in [-0.2, 0) is 15.8 Å². The summed E-state index contributed by atoms with van der Waals surface area (Å²) in [6, 6.07) is 6.33. The number of anilines is 2. The standard InChI is InChI=1S/C19H21F3N4O3/c1-12-9-16(25-29-12)24-18(28)13-5-7-26(8-6-13)17(27)11-23-15-4-2-3-14(10-15)19(20,21)22/h2-4,9-10,13,23H,5-8,11H2,1H3,(H,24,25,28). The molecule has 156 valence electrons. The van der Waals surface area contributed by atoms with Crippen LogP contribution in [0.3, 0.4) is 0 Å². The molecule has 1 aliphatic rings. The Labute approximate surface area is 165 Å². The molecule has 0 aliphatic carbocycles. The van der Waals surface area contributed by atoms with E-state index >= 15 is 0 Å². The number of benzene rings is 1. The van der Waals surface area contributed by atoms with Crippen LogP contribution < -0.4 is 10.6 Å². The molecule has 1 saturated heterocycles. The van der Waals surface area contributed by atoms with Crippen molar-refractivity contribution in [3.05, 3.63) is 41.7 Å². The molecule has 1 aromatic heterocycles. The molecule has 0 radical (unpaired) electrons. The molecule has 29 heavy (non-hydrogen) atoms. The number of piperidine rings is 1. The summed E-state index contributed by atoms with van der Waals surface area (Å²) >= 11 is 0. The fourth-order valence-corrected chi connectivity index (χ4v) is 3.14. The van der Waals surface area contributed by atoms with E-state index in [0.717, 1.165) is 12.1 Å². The van der Waals surface area contributed by atoms with Crippen molar-refractivity contribution in [1.82, 2.24) is 10.1 Å². The van der Waals surface area contributed by atoms with Gasteiger partial charge < -0.3 is 20.1 Å². The number of alkyl halides is 3. The molecular formula is C19H21F3N4O3. The predicted molar refractivity (Wildman–Crippen MR) is 99.1 cm³/mol. The molecule has 1 fully saturated rings. The van der Waals surface area contributed by atoms with Gasteiger partial charge in [-0.25, -0.2) is 0 Å². The van der Waals surface area contributed by atoms with Crippen LogP contribution in [0.5, 0.6) is 0 Å². The van der Waals surface area contributed by atoms with Crippen LogP contribution in [0, 0.1) is 12.8 Å². The number of hydrogen-bond acceptors (Lipinski definition) is 5. The van der Waals surface area contributed by atoms with Crippen LogP contribution in [0.15, 0.2) is 34.9 Å². The van der Waals surface area contributed by atoms with Gasteiger partial charge in [0, 0.05) is 30.8 Å². The van der Waals surface area contributed by atoms with Gasteiger partial charge in [-0.2, -0.15) is 13.2 Å². The van der Waals surface area contributed by atoms with E-state index < -0.39 is 11.7 Å². The molecule has 2 N–H and O–H groups in total. The molecule has 0 bridgehead atoms. The summed E-state index contributed by atoms with van der Waals surface area (Å²) in [5.74, 6) is 0.304. The Bertz CT molecular complexity index is 874. The van der Waals surface area contributed by atoms with Crippen LogP contribution in [0.25, 0.3) is 0 Å². The molecule has 1 aromatic carbocycles. The number of likely N-dealkylation sites (tertiary alicyclic amines) is 1. The summed E-state index contributed by atoms with van der Waals surface area (Å²) < 4.78 is 43.2. The van der Waals surface area contributed by atoms with Crippen LogP contribution in [0.1, 0.15) is 24.2 Å². The number of halogens is 3. The monoisotopic (exact) mass is 410 g/mol. The average Bonchev–Trinajstić information content (AvgIpc) is 3.10. The van der Waals surface area contributed by atoms with Crippen LogP contribution >= 0.6 is 0 Å². The van der Waals surface area contributed by atoms with Crippen molar-refractivity contribution in [2.24, 2.45) is 5.92 Å². The van der Waals surface area contributed by atoms with Crippen molar-refractivity contribution < 1.29 is 27.3 Å². The number of carbonyl (C=O) groups is 2. The number of aromatic nitrogens is 1. The number of carbonyl (C=O) groups excluding carboxylic acids is 2. The molecule has 0 unspecified atom stereocenters. The summed E-state index contributed by atoms with van der Waals surface area (Å²) in [4.78, 5) is 26.2. The summed E-state index contributed by atoms with van der Waals surface area (Å²) in [7, 11) is 0. The average molecular weight is 410 g/mol. The first-order chi connectivity index (χ1) is 13.7. The van der Waals surface area contributed by atoms with E-state index in [0.29, 0.717) is 37.5 Å². The van der Waals surface area contributed by atoms with Crippen molar-refractivity contribution in [3.8, 4) is 0 Å². The Morgan fingerprint density at radius 2 is 1.97 bits per heavy atom. The van der Waals surface area contributed by atoms with E-state index in [9.17, 15) is 22.8 Å². The summed E-state index contributed by atoms with van der Waals surface area (Å²) in [6.45, 7) is 2.41. The Kier molecular flexibility index (Phi) is 6.09. The lowest BCUT2D eigenvalue weighted by Crippen LogP contribution is -2.43. The first-order valence-electron chi connectivity index (χ1n) is 9.15. The van der Waals surface area contributed by atoms with Gasteiger partial charge in [0.05, 0.1) is 12.1 Å². The van der Waals surface area contributed by atoms with E-state index in [2.05, 4.69) is 15.8 Å². The molecule has 0 saturated carbocycles. The number of nitrogens with one attached hydrogen (secondary N) is 2. The van der Waals surface area contributed by atoms with Gasteiger partial charge in [-0.15, -0.1) is 0 Å². The lowest BCUT2D eigenvalue weighted by Gasteiger charge is -2.31. The van der Waals surface area contributed by atoms with Crippen molar-refractivity contribution in [2.45, 2.75) is 25.9 Å². The highest BCUT2D eigenvalue weighted by molar-refractivity contribution is 5.92. The fraction of sp³-hybridized carbons (Fsp3) is 0.421. The van der Waals surface area contributed by atoms with E-state index in [4.69, 9.17) is 4.52 Å². The van der Waals surface area contributed by atoms with Gasteiger partial charge in [-0.3, -0.25) is 9.59 Å². The maximum absolute atomic E-state index is 12.8. The highest BCUT2D eigenvalue weighted by Gasteiger charge is 2.31. The molecule has 2 aromatic rings. The highest BCUT2D eigenvalue weighted by Crippen LogP contribution is 2.30. The Morgan fingerprint density at radius 3 is 2.59 bits per heavy atom. The maximum Gasteiger partial charge on any atom is 0.416 e. The Morgan fingerprint density at radius 1 is 1.24 bits per heavy atom. The second kappa shape index (κ2) is 8.54. The Hall–Kier alpha value is -3.04. The van der Waals surface area contributed by atoms with Gasteiger partial charge in [0.1, 0.15) is 5.76 Å². The lowest BCUT2D eigenvalue weighted by molar-refractivity contribution is -0.137. The zero-order valence-corrected chi connectivity index (χ0v) is 15.8. The minimum Gasteiger partial charge on any atom is -0.376 e. The van der Waals surface area contributed by atoms with E-state index in [1.807, 2.05) is 0 Å². The molecule has 7 nitrogen and oxygen atoms in total. The van der Waals surface area contributed by atoms with Gasteiger partial charge in [0.15, 0.2) is 5.82 Å². The fourth-order valence-electron chi connectivity index (χ4n) is 3.14. The number of nitrogens with zero attached hydrogens (tertiary/aromatic N) is 2.